The maximum atomic E-state index is 13.8. The summed E-state index contributed by atoms with van der Waals surface area (Å²) in [7, 11) is -20.8. The number of aromatic amines is 1. The van der Waals surface area contributed by atoms with Gasteiger partial charge in [0.15, 0.2) is 41.5 Å². The number of aliphatic hydroxyl groups is 4. The third-order valence-corrected chi connectivity index (χ3v) is 17.5. The van der Waals surface area contributed by atoms with Gasteiger partial charge >= 0.3 is 31.3 Å². The Morgan fingerprint density at radius 1 is 0.831 bits per heavy atom. The second kappa shape index (κ2) is 21.8. The van der Waals surface area contributed by atoms with Crippen molar-refractivity contribution in [2.24, 2.45) is 23.0 Å². The van der Waals surface area contributed by atoms with Crippen molar-refractivity contribution in [2.75, 3.05) is 44.1 Å². The summed E-state index contributed by atoms with van der Waals surface area (Å²) in [4.78, 5) is 86.9. The smallest absolute Gasteiger partial charge is 0.388 e. The van der Waals surface area contributed by atoms with Crippen molar-refractivity contribution in [3.8, 4) is 0 Å². The summed E-state index contributed by atoms with van der Waals surface area (Å²) in [5, 5.41) is 59.3. The van der Waals surface area contributed by atoms with Crippen LogP contribution in [0.15, 0.2) is 34.0 Å². The first-order chi connectivity index (χ1) is 36.2. The van der Waals surface area contributed by atoms with Crippen LogP contribution in [0.1, 0.15) is 47.4 Å². The number of H-pyrrole nitrogens is 1. The molecule has 11 unspecified atom stereocenters. The van der Waals surface area contributed by atoms with E-state index in [1.807, 2.05) is 0 Å². The molecule has 4 aromatic rings. The van der Waals surface area contributed by atoms with Crippen LogP contribution in [0.3, 0.4) is 0 Å². The molecule has 0 radical (unpaired) electrons. The van der Waals surface area contributed by atoms with Gasteiger partial charge in [-0.2, -0.15) is 13.7 Å². The number of fused-ring (bicyclic) bond motifs is 3. The van der Waals surface area contributed by atoms with E-state index < -0.39 is 148 Å². The quantitative estimate of drug-likeness (QED) is 0.0294. The van der Waals surface area contributed by atoms with Gasteiger partial charge in [0.05, 0.1) is 33.2 Å². The van der Waals surface area contributed by atoms with Gasteiger partial charge in [0, 0.05) is 13.7 Å². The zero-order chi connectivity index (χ0) is 55.7. The molecular weight excluding hydrogens is 1120 g/mol. The Hall–Kier alpha value is -4.53. The van der Waals surface area contributed by atoms with E-state index in [2.05, 4.69) is 59.7 Å². The Morgan fingerprint density at radius 2 is 1.48 bits per heavy atom. The lowest BCUT2D eigenvalue weighted by Gasteiger charge is -2.26. The van der Waals surface area contributed by atoms with Gasteiger partial charge in [-0.1, -0.05) is 0 Å². The number of methoxy groups -OCH3 is 1. The van der Waals surface area contributed by atoms with Crippen LogP contribution in [-0.2, 0) is 71.0 Å². The van der Waals surface area contributed by atoms with Crippen molar-refractivity contribution in [3.05, 3.63) is 46.5 Å². The Bertz CT molecular complexity index is 3190. The fraction of sp³-hybridized carbons (Fsp3) is 0.629. The third-order valence-electron chi connectivity index (χ3n) is 12.3. The molecule has 5 aliphatic rings. The Kier molecular flexibility index (Phi) is 16.2. The lowest BCUT2D eigenvalue weighted by Crippen LogP contribution is -2.55. The molecule has 0 spiro atoms. The molecule has 42 heteroatoms. The fourth-order valence-corrected chi connectivity index (χ4v) is 13.4. The van der Waals surface area contributed by atoms with E-state index in [4.69, 9.17) is 42.8 Å². The number of aryl methyl sites for hydroxylation is 2. The lowest BCUT2D eigenvalue weighted by molar-refractivity contribution is -0.753. The highest BCUT2D eigenvalue weighted by atomic mass is 31.3. The number of nitrogens with zero attached hydrogens (tertiary/aromatic N) is 9. The summed E-state index contributed by atoms with van der Waals surface area (Å²) in [5.74, 6) is -0.0486. The molecule has 0 aliphatic carbocycles. The van der Waals surface area contributed by atoms with Gasteiger partial charge in [-0.25, -0.2) is 42.8 Å². The summed E-state index contributed by atoms with van der Waals surface area (Å²) >= 11 is 0. The summed E-state index contributed by atoms with van der Waals surface area (Å²) in [6.07, 6.45) is -17.2. The first-order valence-corrected chi connectivity index (χ1v) is 28.6. The minimum Gasteiger partial charge on any atom is -0.388 e. The van der Waals surface area contributed by atoms with Crippen LogP contribution in [0.2, 0.25) is 0 Å². The van der Waals surface area contributed by atoms with Crippen LogP contribution < -0.4 is 31.8 Å². The molecule has 424 valence electrons. The Balaban J connectivity index is 0.864. The number of imidazole rings is 2. The number of hydrogen-bond donors (Lipinski definition) is 13. The van der Waals surface area contributed by atoms with Crippen molar-refractivity contribution in [1.82, 2.24) is 39.4 Å². The number of ether oxygens (including phenoxy) is 4. The number of phosphoric acid groups is 4. The number of nitrogens with two attached hydrogens (primary N) is 1. The molecule has 14 N–H and O–H groups in total. The minimum atomic E-state index is -6.19. The highest BCUT2D eigenvalue weighted by Crippen LogP contribution is 2.68. The van der Waals surface area contributed by atoms with Gasteiger partial charge in [-0.15, -0.1) is 5.11 Å². The highest BCUT2D eigenvalue weighted by molar-refractivity contribution is 7.66. The van der Waals surface area contributed by atoms with Crippen LogP contribution in [0.4, 0.5) is 17.3 Å². The molecule has 9 heterocycles. The third kappa shape index (κ3) is 11.7. The number of aliphatic hydroxyl groups excluding tert-OH is 4. The van der Waals surface area contributed by atoms with E-state index in [1.54, 1.807) is 6.92 Å². The Labute approximate surface area is 430 Å². The number of carbonyl (C=O) groups is 1. The summed E-state index contributed by atoms with van der Waals surface area (Å²) in [5.41, 5.74) is 5.44. The molecule has 0 bridgehead atoms. The maximum Gasteiger partial charge on any atom is 0.490 e. The topological polar surface area (TPSA) is 524 Å². The molecule has 4 aromatic heterocycles. The number of rotatable bonds is 21. The van der Waals surface area contributed by atoms with E-state index in [0.29, 0.717) is 12.4 Å². The first kappa shape index (κ1) is 57.2. The lowest BCUT2D eigenvalue weighted by atomic mass is 10.00. The molecule has 3 saturated heterocycles. The average Bonchev–Trinajstić information content (AvgIpc) is 4.21. The Morgan fingerprint density at radius 3 is 2.16 bits per heavy atom. The van der Waals surface area contributed by atoms with Gasteiger partial charge in [0.25, 0.3) is 17.3 Å². The molecule has 77 heavy (non-hydrogen) atoms. The molecule has 9 rings (SSSR count). The van der Waals surface area contributed by atoms with Crippen molar-refractivity contribution in [2.45, 2.75) is 99.7 Å². The van der Waals surface area contributed by atoms with E-state index in [1.165, 1.54) is 46.7 Å². The predicted octanol–water partition coefficient (Wildman–Crippen LogP) is -2.90. The van der Waals surface area contributed by atoms with Crippen LogP contribution in [0, 0.1) is 6.92 Å². The maximum absolute atomic E-state index is 13.8. The number of azo groups is 1. The van der Waals surface area contributed by atoms with Crippen LogP contribution >= 0.6 is 31.3 Å². The molecule has 18 atom stereocenters. The number of amides is 1. The molecule has 3 fully saturated rings. The summed E-state index contributed by atoms with van der Waals surface area (Å²) in [6, 6.07) is -1.18. The average molecular weight is 1180 g/mol. The van der Waals surface area contributed by atoms with Gasteiger partial charge in [-0.05, 0) is 13.8 Å². The van der Waals surface area contributed by atoms with E-state index >= 15 is 0 Å². The van der Waals surface area contributed by atoms with E-state index in [9.17, 15) is 67.8 Å². The SMILES string of the molecule is CCNc1ncnc2c1ncn2[C@@H]1O[C@H](COP(=O)(O)OP(=O)(O)OP(=O)(O)OCC2O[C@@H]([n+]3cn(C)c4c3NC(N)NC4=O)C(O)C2O)[C@H](OP(=O)(O)OC[C@H]2O[C@@H](C3N=Nc4c3nc(C)[nH]c4=O)C(O)[C@H]2O)C1OC. The van der Waals surface area contributed by atoms with Crippen molar-refractivity contribution in [3.63, 3.8) is 0 Å². The monoisotopic (exact) mass is 1180 g/mol. The van der Waals surface area contributed by atoms with E-state index in [0.717, 1.165) is 7.11 Å². The van der Waals surface area contributed by atoms with Crippen LogP contribution in [-0.4, -0.2) is 181 Å². The van der Waals surface area contributed by atoms with Crippen molar-refractivity contribution >= 4 is 65.7 Å². The second-order valence-electron chi connectivity index (χ2n) is 17.5. The van der Waals surface area contributed by atoms with Gasteiger partial charge in [-0.3, -0.25) is 47.9 Å². The predicted molar refractivity (Wildman–Crippen MR) is 247 cm³/mol. The van der Waals surface area contributed by atoms with Crippen LogP contribution in [0.25, 0.3) is 11.2 Å². The number of hydrogen-bond acceptors (Lipinski definition) is 29. The summed E-state index contributed by atoms with van der Waals surface area (Å²) in [6.45, 7) is 0.368. The number of phosphoric ester groups is 3. The highest BCUT2D eigenvalue weighted by Gasteiger charge is 2.55. The minimum absolute atomic E-state index is 0.0360. The van der Waals surface area contributed by atoms with Gasteiger partial charge in [0.1, 0.15) is 84.9 Å². The standard InChI is InChI=1S/C35H50N14O24P4/c1-5-37-28-19-29(39-9-38-28)48(10-40-19)34-27(64-4)25(71-74(56,57)65-6-13-21(50)23(52)26(68-13)17-16-18(46-45-17)31(54)42-12(2)41-16)15(70-34)8-67-76(60,61)73-77(62,63)72-75(58,59)66-7-14-22(51)24(53)33(69-14)49-11-47(3)20-30(49)43-35(36)44-32(20)55/h9-11,13-15,17,21-27,33-35,50-53H,5-8,36H2,1-4H3,(H7-,37,38,39,41,42,43,44,45,54,55,56,57,58,59,60,61,62,63)/p+1/t13-,14?,15-,17?,21+,22?,23?,24?,25+,26+,27?,33-,34-,35?/m1/s1. The number of nitrogens with one attached hydrogen (secondary N) is 4. The zero-order valence-corrected chi connectivity index (χ0v) is 43.7. The second-order valence-corrected chi connectivity index (χ2v) is 23.5. The molecule has 38 nitrogen and oxygen atoms in total. The zero-order valence-electron chi connectivity index (χ0n) is 40.1. The van der Waals surface area contributed by atoms with Gasteiger partial charge in [0.2, 0.25) is 11.9 Å². The molecule has 1 amide bonds. The normalized spacial score (nSPS) is 33.0. The number of aromatic nitrogens is 8. The van der Waals surface area contributed by atoms with Gasteiger partial charge < -0.3 is 74.6 Å². The summed E-state index contributed by atoms with van der Waals surface area (Å²) < 4.78 is 109. The van der Waals surface area contributed by atoms with Crippen molar-refractivity contribution in [1.29, 1.82) is 0 Å². The molecule has 0 aromatic carbocycles. The first-order valence-electron chi connectivity index (χ1n) is 22.6. The number of carbonyl (C=O) groups excluding carboxylic acids is 1. The fourth-order valence-electron chi connectivity index (χ4n) is 8.95. The van der Waals surface area contributed by atoms with E-state index in [-0.39, 0.29) is 39.9 Å². The number of anilines is 2. The molecule has 0 saturated carbocycles. The molecular formula is C35H51N14O24P4+. The van der Waals surface area contributed by atoms with Crippen LogP contribution in [0.5, 0.6) is 0 Å². The van der Waals surface area contributed by atoms with Crippen molar-refractivity contribution < 1.29 is 113 Å². The molecule has 5 aliphatic heterocycles. The largest absolute Gasteiger partial charge is 0.490 e.